The summed E-state index contributed by atoms with van der Waals surface area (Å²) in [5.41, 5.74) is 0.462. The zero-order valence-electron chi connectivity index (χ0n) is 16.7. The molecule has 1 aliphatic heterocycles. The fraction of sp³-hybridized carbons (Fsp3) is 0.273. The predicted molar refractivity (Wildman–Crippen MR) is 114 cm³/mol. The lowest BCUT2D eigenvalue weighted by atomic mass is 10.1. The van der Waals surface area contributed by atoms with E-state index in [1.807, 2.05) is 37.3 Å². The molecular formula is C22H23N3O4S. The average Bonchev–Trinajstić information content (AvgIpc) is 2.79. The van der Waals surface area contributed by atoms with Gasteiger partial charge in [-0.05, 0) is 35.9 Å². The molecule has 2 heterocycles. The largest absolute Gasteiger partial charge is 0.478 e. The Labute approximate surface area is 175 Å². The summed E-state index contributed by atoms with van der Waals surface area (Å²) in [4.78, 5) is 18.8. The zero-order valence-corrected chi connectivity index (χ0v) is 17.5. The van der Waals surface area contributed by atoms with E-state index in [-0.39, 0.29) is 23.9 Å². The Bertz CT molecular complexity index is 1150. The lowest BCUT2D eigenvalue weighted by molar-refractivity contribution is 0.0697. The van der Waals surface area contributed by atoms with E-state index in [0.29, 0.717) is 31.1 Å². The highest BCUT2D eigenvalue weighted by molar-refractivity contribution is 7.89. The number of ether oxygens (including phenoxy) is 1. The minimum absolute atomic E-state index is 0.159. The first-order valence-corrected chi connectivity index (χ1v) is 11.3. The Balaban J connectivity index is 1.44. The summed E-state index contributed by atoms with van der Waals surface area (Å²) < 4.78 is 32.9. The minimum atomic E-state index is -3.61. The van der Waals surface area contributed by atoms with Crippen LogP contribution in [0.2, 0.25) is 0 Å². The third-order valence-electron chi connectivity index (χ3n) is 5.16. The van der Waals surface area contributed by atoms with Gasteiger partial charge >= 0.3 is 0 Å². The maximum absolute atomic E-state index is 13.1. The number of sulfonamides is 1. The van der Waals surface area contributed by atoms with Gasteiger partial charge in [0.05, 0.1) is 17.1 Å². The van der Waals surface area contributed by atoms with Gasteiger partial charge in [-0.2, -0.15) is 4.31 Å². The average molecular weight is 426 g/mol. The van der Waals surface area contributed by atoms with Crippen LogP contribution in [0.5, 0.6) is 5.88 Å². The third-order valence-corrected chi connectivity index (χ3v) is 7.05. The van der Waals surface area contributed by atoms with E-state index in [9.17, 15) is 13.2 Å². The molecule has 0 bridgehead atoms. The predicted octanol–water partition coefficient (Wildman–Crippen LogP) is 2.78. The van der Waals surface area contributed by atoms with Crippen molar-refractivity contribution in [3.05, 3.63) is 66.4 Å². The van der Waals surface area contributed by atoms with Crippen LogP contribution in [0.4, 0.5) is 0 Å². The summed E-state index contributed by atoms with van der Waals surface area (Å²) in [7, 11) is -3.61. The maximum Gasteiger partial charge on any atom is 0.255 e. The Kier molecular flexibility index (Phi) is 5.69. The SMILES string of the molecule is CCOc1ccc(C(=O)N2CCN(S(=O)(=O)c3ccc4ccccc4c3)CC2)cn1. The number of fused-ring (bicyclic) bond motifs is 1. The molecule has 1 aliphatic rings. The third kappa shape index (κ3) is 4.01. The van der Waals surface area contributed by atoms with Crippen molar-refractivity contribution < 1.29 is 17.9 Å². The van der Waals surface area contributed by atoms with E-state index in [1.165, 1.54) is 10.5 Å². The monoisotopic (exact) mass is 425 g/mol. The number of carbonyl (C=O) groups is 1. The van der Waals surface area contributed by atoms with Crippen molar-refractivity contribution in [2.24, 2.45) is 0 Å². The molecule has 2 aromatic carbocycles. The first-order valence-electron chi connectivity index (χ1n) is 9.86. The molecule has 0 saturated carbocycles. The van der Waals surface area contributed by atoms with Crippen LogP contribution in [-0.2, 0) is 10.0 Å². The Hall–Kier alpha value is -2.97. The summed E-state index contributed by atoms with van der Waals surface area (Å²) in [5.74, 6) is 0.314. The van der Waals surface area contributed by atoms with E-state index in [2.05, 4.69) is 4.98 Å². The molecule has 0 spiro atoms. The van der Waals surface area contributed by atoms with E-state index < -0.39 is 10.0 Å². The first-order chi connectivity index (χ1) is 14.5. The molecule has 4 rings (SSSR count). The van der Waals surface area contributed by atoms with Crippen molar-refractivity contribution in [1.29, 1.82) is 0 Å². The zero-order chi connectivity index (χ0) is 21.1. The summed E-state index contributed by atoms with van der Waals surface area (Å²) in [6.45, 7) is 3.55. The molecule has 0 unspecified atom stereocenters. The first kappa shape index (κ1) is 20.3. The molecule has 3 aromatic rings. The smallest absolute Gasteiger partial charge is 0.255 e. The van der Waals surface area contributed by atoms with Crippen LogP contribution in [-0.4, -0.2) is 61.3 Å². The number of aromatic nitrogens is 1. The van der Waals surface area contributed by atoms with Crippen LogP contribution < -0.4 is 4.74 Å². The van der Waals surface area contributed by atoms with Gasteiger partial charge in [0.15, 0.2) is 0 Å². The Morgan fingerprint density at radius 1 is 1.00 bits per heavy atom. The molecule has 1 saturated heterocycles. The fourth-order valence-corrected chi connectivity index (χ4v) is 4.99. The van der Waals surface area contributed by atoms with Crippen molar-refractivity contribution in [3.63, 3.8) is 0 Å². The molecule has 1 aromatic heterocycles. The van der Waals surface area contributed by atoms with Crippen LogP contribution in [0, 0.1) is 0 Å². The second-order valence-corrected chi connectivity index (χ2v) is 8.96. The quantitative estimate of drug-likeness (QED) is 0.628. The van der Waals surface area contributed by atoms with Gasteiger partial charge in [-0.3, -0.25) is 4.79 Å². The lowest BCUT2D eigenvalue weighted by Crippen LogP contribution is -2.50. The molecule has 8 heteroatoms. The summed E-state index contributed by atoms with van der Waals surface area (Å²) >= 11 is 0. The topological polar surface area (TPSA) is 79.8 Å². The molecule has 0 radical (unpaired) electrons. The minimum Gasteiger partial charge on any atom is -0.478 e. The molecule has 0 aliphatic carbocycles. The van der Waals surface area contributed by atoms with Gasteiger partial charge in [0.1, 0.15) is 0 Å². The fourth-order valence-electron chi connectivity index (χ4n) is 3.53. The van der Waals surface area contributed by atoms with Crippen molar-refractivity contribution >= 4 is 26.7 Å². The van der Waals surface area contributed by atoms with E-state index in [4.69, 9.17) is 4.74 Å². The van der Waals surface area contributed by atoms with Crippen LogP contribution >= 0.6 is 0 Å². The van der Waals surface area contributed by atoms with Crippen LogP contribution in [0.3, 0.4) is 0 Å². The van der Waals surface area contributed by atoms with Gasteiger partial charge in [-0.25, -0.2) is 13.4 Å². The lowest BCUT2D eigenvalue weighted by Gasteiger charge is -2.34. The number of amides is 1. The highest BCUT2D eigenvalue weighted by Crippen LogP contribution is 2.23. The highest BCUT2D eigenvalue weighted by Gasteiger charge is 2.30. The number of pyridine rings is 1. The number of hydrogen-bond acceptors (Lipinski definition) is 5. The van der Waals surface area contributed by atoms with Gasteiger partial charge in [0.2, 0.25) is 15.9 Å². The van der Waals surface area contributed by atoms with Crippen LogP contribution in [0.15, 0.2) is 65.7 Å². The van der Waals surface area contributed by atoms with E-state index in [1.54, 1.807) is 29.2 Å². The summed E-state index contributed by atoms with van der Waals surface area (Å²) in [6, 6.07) is 16.2. The second-order valence-electron chi connectivity index (χ2n) is 7.02. The molecule has 156 valence electrons. The summed E-state index contributed by atoms with van der Waals surface area (Å²) in [6.07, 6.45) is 1.49. The van der Waals surface area contributed by atoms with Gasteiger partial charge in [0.25, 0.3) is 5.91 Å². The van der Waals surface area contributed by atoms with Gasteiger partial charge in [0, 0.05) is 38.4 Å². The summed E-state index contributed by atoms with van der Waals surface area (Å²) in [5, 5.41) is 1.88. The Morgan fingerprint density at radius 3 is 2.40 bits per heavy atom. The van der Waals surface area contributed by atoms with E-state index >= 15 is 0 Å². The van der Waals surface area contributed by atoms with Crippen molar-refractivity contribution in [2.75, 3.05) is 32.8 Å². The molecule has 7 nitrogen and oxygen atoms in total. The van der Waals surface area contributed by atoms with Crippen molar-refractivity contribution in [2.45, 2.75) is 11.8 Å². The number of benzene rings is 2. The van der Waals surface area contributed by atoms with Gasteiger partial charge in [-0.1, -0.05) is 30.3 Å². The molecule has 1 amide bonds. The van der Waals surface area contributed by atoms with Gasteiger partial charge in [-0.15, -0.1) is 0 Å². The number of carbonyl (C=O) groups excluding carboxylic acids is 1. The molecular weight excluding hydrogens is 402 g/mol. The number of piperazine rings is 1. The number of hydrogen-bond donors (Lipinski definition) is 0. The number of rotatable bonds is 5. The normalized spacial score (nSPS) is 15.3. The second kappa shape index (κ2) is 8.41. The van der Waals surface area contributed by atoms with Crippen LogP contribution in [0.1, 0.15) is 17.3 Å². The van der Waals surface area contributed by atoms with Crippen molar-refractivity contribution in [1.82, 2.24) is 14.2 Å². The maximum atomic E-state index is 13.1. The molecule has 0 atom stereocenters. The Morgan fingerprint density at radius 2 is 1.73 bits per heavy atom. The van der Waals surface area contributed by atoms with Crippen molar-refractivity contribution in [3.8, 4) is 5.88 Å². The molecule has 30 heavy (non-hydrogen) atoms. The molecule has 1 fully saturated rings. The molecule has 0 N–H and O–H groups in total. The number of nitrogens with zero attached hydrogens (tertiary/aromatic N) is 3. The standard InChI is InChI=1S/C22H23N3O4S/c1-2-29-21-10-8-19(16-23-21)22(26)24-11-13-25(14-12-24)30(27,28)20-9-7-17-5-3-4-6-18(17)15-20/h3-10,15-16H,2,11-14H2,1H3. The van der Waals surface area contributed by atoms with E-state index in [0.717, 1.165) is 10.8 Å². The van der Waals surface area contributed by atoms with Gasteiger partial charge < -0.3 is 9.64 Å². The van der Waals surface area contributed by atoms with Crippen LogP contribution in [0.25, 0.3) is 10.8 Å². The highest BCUT2D eigenvalue weighted by atomic mass is 32.2.